The van der Waals surface area contributed by atoms with Crippen LogP contribution in [0, 0.1) is 5.82 Å². The number of aliphatic imine (C=N–C) groups is 1. The summed E-state index contributed by atoms with van der Waals surface area (Å²) < 4.78 is 20.1. The van der Waals surface area contributed by atoms with Gasteiger partial charge in [-0.2, -0.15) is 0 Å². The Kier molecular flexibility index (Phi) is 8.49. The number of fused-ring (bicyclic) bond motifs is 1. The predicted molar refractivity (Wildman–Crippen MR) is 156 cm³/mol. The van der Waals surface area contributed by atoms with Crippen LogP contribution in [0.4, 0.5) is 4.39 Å². The molecule has 10 nitrogen and oxygen atoms in total. The number of benzene rings is 1. The first-order valence-electron chi connectivity index (χ1n) is 13.6. The maximum Gasteiger partial charge on any atom is 0.338 e. The Morgan fingerprint density at radius 3 is 2.73 bits per heavy atom. The van der Waals surface area contributed by atoms with Crippen LogP contribution in [-0.2, 0) is 14.3 Å². The van der Waals surface area contributed by atoms with Gasteiger partial charge < -0.3 is 15.8 Å². The molecule has 1 aromatic heterocycles. The van der Waals surface area contributed by atoms with E-state index in [0.29, 0.717) is 35.2 Å². The topological polar surface area (TPSA) is 116 Å². The van der Waals surface area contributed by atoms with E-state index in [-0.39, 0.29) is 35.3 Å². The highest BCUT2D eigenvalue weighted by atomic mass is 35.5. The number of nitrogens with one attached hydrogen (secondary N) is 1. The van der Waals surface area contributed by atoms with Gasteiger partial charge in [-0.15, -0.1) is 11.3 Å². The summed E-state index contributed by atoms with van der Waals surface area (Å²) in [6.07, 6.45) is 1.65. The average Bonchev–Trinajstić information content (AvgIpc) is 3.60. The molecule has 1 amide bonds. The second-order valence-electron chi connectivity index (χ2n) is 11.3. The SMILES string of the molecule is CCOC(=O)C1=C(CN2CCN3CN(C(C)(C)C)C[C@@H]3[C@H]2C(N)=O)NC(c2nccs2)=N[C@H]1c1cccc(F)c1Cl. The fourth-order valence-electron chi connectivity index (χ4n) is 5.71. The first-order valence-corrected chi connectivity index (χ1v) is 14.9. The van der Waals surface area contributed by atoms with Crippen LogP contribution in [0.25, 0.3) is 0 Å². The number of rotatable bonds is 7. The van der Waals surface area contributed by atoms with Crippen molar-refractivity contribution in [2.24, 2.45) is 10.7 Å². The summed E-state index contributed by atoms with van der Waals surface area (Å²) in [5.74, 6) is -1.23. The van der Waals surface area contributed by atoms with Crippen molar-refractivity contribution in [1.82, 2.24) is 25.0 Å². The molecule has 2 saturated heterocycles. The molecule has 1 aromatic carbocycles. The van der Waals surface area contributed by atoms with Gasteiger partial charge in [-0.1, -0.05) is 23.7 Å². The summed E-state index contributed by atoms with van der Waals surface area (Å²) in [4.78, 5) is 42.3. The molecule has 3 aliphatic rings. The molecule has 41 heavy (non-hydrogen) atoms. The van der Waals surface area contributed by atoms with Crippen molar-refractivity contribution in [3.8, 4) is 0 Å². The molecule has 3 N–H and O–H groups in total. The number of primary amides is 1. The quantitative estimate of drug-likeness (QED) is 0.464. The van der Waals surface area contributed by atoms with E-state index < -0.39 is 29.8 Å². The molecule has 0 radical (unpaired) electrons. The number of hydrogen-bond acceptors (Lipinski definition) is 10. The zero-order chi connectivity index (χ0) is 29.5. The molecule has 3 atom stereocenters. The van der Waals surface area contributed by atoms with Crippen LogP contribution in [0.2, 0.25) is 5.02 Å². The van der Waals surface area contributed by atoms with E-state index >= 15 is 0 Å². The van der Waals surface area contributed by atoms with Crippen LogP contribution in [0.5, 0.6) is 0 Å². The molecular formula is C28H35ClFN7O3S. The molecule has 0 spiro atoms. The molecule has 0 bridgehead atoms. The van der Waals surface area contributed by atoms with Crippen molar-refractivity contribution in [3.05, 3.63) is 62.5 Å². The number of nitrogens with zero attached hydrogens (tertiary/aromatic N) is 5. The maximum absolute atomic E-state index is 14.6. The lowest BCUT2D eigenvalue weighted by Gasteiger charge is -2.43. The Bertz CT molecular complexity index is 1380. The Morgan fingerprint density at radius 1 is 1.29 bits per heavy atom. The highest BCUT2D eigenvalue weighted by Gasteiger charge is 2.47. The summed E-state index contributed by atoms with van der Waals surface area (Å²) >= 11 is 7.80. The van der Waals surface area contributed by atoms with Gasteiger partial charge in [0, 0.05) is 60.6 Å². The average molecular weight is 604 g/mol. The van der Waals surface area contributed by atoms with Crippen LogP contribution in [0.1, 0.15) is 44.3 Å². The molecule has 0 saturated carbocycles. The molecule has 220 valence electrons. The molecule has 0 aliphatic carbocycles. The Labute approximate surface area is 248 Å². The van der Waals surface area contributed by atoms with Gasteiger partial charge in [0.2, 0.25) is 5.91 Å². The predicted octanol–water partition coefficient (Wildman–Crippen LogP) is 2.76. The molecule has 2 aromatic rings. The molecule has 13 heteroatoms. The Hall–Kier alpha value is -2.90. The fraction of sp³-hybridized carbons (Fsp3) is 0.500. The van der Waals surface area contributed by atoms with Crippen molar-refractivity contribution in [2.45, 2.75) is 51.4 Å². The standard InChI is InChI=1S/C28H35ClFN7O3S/c1-5-40-27(39)20-18(13-35-10-11-36-15-37(28(2,3)4)14-19(36)23(35)24(31)38)33-25(26-32-9-12-41-26)34-22(20)16-7-6-8-17(30)21(16)29/h6-9,12,19,22-23H,5,10-11,13-15H2,1-4H3,(H2,31,38)(H,33,34)/t19-,22+,23+/m1/s1. The van der Waals surface area contributed by atoms with Gasteiger partial charge in [0.05, 0.1) is 23.9 Å². The van der Waals surface area contributed by atoms with E-state index in [1.807, 2.05) is 10.3 Å². The third-order valence-corrected chi connectivity index (χ3v) is 8.97. The van der Waals surface area contributed by atoms with Crippen LogP contribution in [-0.4, -0.2) is 94.5 Å². The monoisotopic (exact) mass is 603 g/mol. The second-order valence-corrected chi connectivity index (χ2v) is 12.6. The van der Waals surface area contributed by atoms with Gasteiger partial charge in [0.1, 0.15) is 17.9 Å². The van der Waals surface area contributed by atoms with Gasteiger partial charge in [0.15, 0.2) is 10.8 Å². The highest BCUT2D eigenvalue weighted by molar-refractivity contribution is 7.11. The number of amides is 1. The number of carbonyl (C=O) groups is 2. The van der Waals surface area contributed by atoms with Crippen molar-refractivity contribution >= 4 is 40.6 Å². The fourth-order valence-corrected chi connectivity index (χ4v) is 6.53. The highest BCUT2D eigenvalue weighted by Crippen LogP contribution is 2.38. The number of ether oxygens (including phenoxy) is 1. The van der Waals surface area contributed by atoms with E-state index in [2.05, 4.69) is 40.9 Å². The van der Waals surface area contributed by atoms with Crippen molar-refractivity contribution in [1.29, 1.82) is 0 Å². The Balaban J connectivity index is 1.57. The summed E-state index contributed by atoms with van der Waals surface area (Å²) in [6.45, 7) is 11.2. The summed E-state index contributed by atoms with van der Waals surface area (Å²) in [5.41, 5.74) is 6.98. The number of thiazole rings is 1. The minimum atomic E-state index is -0.955. The number of esters is 1. The zero-order valence-electron chi connectivity index (χ0n) is 23.6. The number of halogens is 2. The van der Waals surface area contributed by atoms with E-state index in [4.69, 9.17) is 27.1 Å². The third kappa shape index (κ3) is 5.89. The first kappa shape index (κ1) is 29.6. The van der Waals surface area contributed by atoms with Crippen molar-refractivity contribution in [3.63, 3.8) is 0 Å². The number of nitrogens with two attached hydrogens (primary N) is 1. The van der Waals surface area contributed by atoms with Gasteiger partial charge in [-0.05, 0) is 33.8 Å². The number of hydrogen-bond donors (Lipinski definition) is 2. The summed E-state index contributed by atoms with van der Waals surface area (Å²) in [5, 5.41) is 5.59. The van der Waals surface area contributed by atoms with E-state index in [1.54, 1.807) is 19.2 Å². The van der Waals surface area contributed by atoms with Crippen molar-refractivity contribution in [2.75, 3.05) is 39.5 Å². The van der Waals surface area contributed by atoms with Crippen LogP contribution in [0.15, 0.2) is 46.0 Å². The first-order chi connectivity index (χ1) is 19.5. The lowest BCUT2D eigenvalue weighted by Crippen LogP contribution is -2.63. The van der Waals surface area contributed by atoms with Gasteiger partial charge >= 0.3 is 5.97 Å². The summed E-state index contributed by atoms with van der Waals surface area (Å²) in [6, 6.07) is 2.79. The van der Waals surface area contributed by atoms with Crippen LogP contribution < -0.4 is 11.1 Å². The Morgan fingerprint density at radius 2 is 2.07 bits per heavy atom. The zero-order valence-corrected chi connectivity index (χ0v) is 25.1. The lowest BCUT2D eigenvalue weighted by molar-refractivity contribution is -0.139. The number of carbonyl (C=O) groups excluding carboxylic acids is 2. The molecule has 2 fully saturated rings. The van der Waals surface area contributed by atoms with Gasteiger partial charge in [-0.25, -0.2) is 14.2 Å². The lowest BCUT2D eigenvalue weighted by atomic mass is 9.94. The second kappa shape index (κ2) is 11.8. The van der Waals surface area contributed by atoms with Crippen molar-refractivity contribution < 1.29 is 18.7 Å². The van der Waals surface area contributed by atoms with Gasteiger partial charge in [0.25, 0.3) is 0 Å². The smallest absolute Gasteiger partial charge is 0.338 e. The van der Waals surface area contributed by atoms with Gasteiger partial charge in [-0.3, -0.25) is 24.5 Å². The number of aromatic nitrogens is 1. The molecular weight excluding hydrogens is 569 g/mol. The largest absolute Gasteiger partial charge is 0.463 e. The van der Waals surface area contributed by atoms with Crippen LogP contribution >= 0.6 is 22.9 Å². The minimum absolute atomic E-state index is 0.0641. The molecule has 4 heterocycles. The molecule has 3 aliphatic heterocycles. The number of amidine groups is 1. The normalized spacial score (nSPS) is 24.1. The van der Waals surface area contributed by atoms with E-state index in [1.165, 1.54) is 23.5 Å². The molecule has 5 rings (SSSR count). The number of piperazine rings is 1. The molecule has 0 unspecified atom stereocenters. The maximum atomic E-state index is 14.6. The van der Waals surface area contributed by atoms with E-state index in [0.717, 1.165) is 13.2 Å². The minimum Gasteiger partial charge on any atom is -0.463 e. The van der Waals surface area contributed by atoms with E-state index in [9.17, 15) is 14.0 Å². The third-order valence-electron chi connectivity index (χ3n) is 7.79. The van der Waals surface area contributed by atoms with Crippen LogP contribution in [0.3, 0.4) is 0 Å². The summed E-state index contributed by atoms with van der Waals surface area (Å²) in [7, 11) is 0.